The summed E-state index contributed by atoms with van der Waals surface area (Å²) >= 11 is 5.95. The number of aromatic nitrogens is 3. The number of nitrogens with zero attached hydrogens (tertiary/aromatic N) is 3. The number of aliphatic hydroxyl groups excluding tert-OH is 1. The van der Waals surface area contributed by atoms with Gasteiger partial charge >= 0.3 is 0 Å². The van der Waals surface area contributed by atoms with Crippen molar-refractivity contribution >= 4 is 28.8 Å². The van der Waals surface area contributed by atoms with Gasteiger partial charge in [0.1, 0.15) is 23.9 Å². The van der Waals surface area contributed by atoms with Crippen molar-refractivity contribution in [3.63, 3.8) is 0 Å². The predicted octanol–water partition coefficient (Wildman–Crippen LogP) is 3.03. The zero-order valence-electron chi connectivity index (χ0n) is 13.5. The van der Waals surface area contributed by atoms with Gasteiger partial charge in [-0.1, -0.05) is 11.6 Å². The molecule has 0 unspecified atom stereocenters. The van der Waals surface area contributed by atoms with Crippen LogP contribution in [0.1, 0.15) is 0 Å². The maximum atomic E-state index is 14.1. The number of nitrogens with one attached hydrogen (secondary N) is 1. The van der Waals surface area contributed by atoms with Crippen LogP contribution in [0.5, 0.6) is 5.88 Å². The Morgan fingerprint density at radius 3 is 2.81 bits per heavy atom. The molecule has 7 nitrogen and oxygen atoms in total. The molecular weight excluding hydrogens is 361 g/mol. The van der Waals surface area contributed by atoms with Gasteiger partial charge in [0.15, 0.2) is 0 Å². The number of benzene rings is 1. The second kappa shape index (κ2) is 7.94. The minimum absolute atomic E-state index is 0.0344. The van der Waals surface area contributed by atoms with E-state index in [1.165, 1.54) is 24.4 Å². The van der Waals surface area contributed by atoms with Gasteiger partial charge in [0, 0.05) is 28.5 Å². The summed E-state index contributed by atoms with van der Waals surface area (Å²) in [6, 6.07) is 9.06. The highest BCUT2D eigenvalue weighted by molar-refractivity contribution is 6.30. The molecule has 0 saturated carbocycles. The van der Waals surface area contributed by atoms with E-state index in [1.54, 1.807) is 18.2 Å². The van der Waals surface area contributed by atoms with Crippen molar-refractivity contribution in [2.45, 2.75) is 0 Å². The van der Waals surface area contributed by atoms with Crippen molar-refractivity contribution in [3.05, 3.63) is 53.4 Å². The van der Waals surface area contributed by atoms with Gasteiger partial charge in [-0.05, 0) is 30.3 Å². The fourth-order valence-corrected chi connectivity index (χ4v) is 2.40. The van der Waals surface area contributed by atoms with Gasteiger partial charge < -0.3 is 20.9 Å². The summed E-state index contributed by atoms with van der Waals surface area (Å²) < 4.78 is 19.5. The molecule has 2 heterocycles. The summed E-state index contributed by atoms with van der Waals surface area (Å²) in [5.41, 5.74) is 7.21. The highest BCUT2D eigenvalue weighted by Crippen LogP contribution is 2.31. The van der Waals surface area contributed by atoms with Gasteiger partial charge in [0.25, 0.3) is 5.88 Å². The molecule has 0 aliphatic heterocycles. The molecule has 0 bridgehead atoms. The minimum atomic E-state index is -0.480. The Balaban J connectivity index is 2.02. The molecule has 0 saturated heterocycles. The van der Waals surface area contributed by atoms with Crippen LogP contribution in [-0.2, 0) is 0 Å². The minimum Gasteiger partial charge on any atom is -0.473 e. The van der Waals surface area contributed by atoms with Crippen molar-refractivity contribution < 1.29 is 14.2 Å². The van der Waals surface area contributed by atoms with Crippen LogP contribution in [0.3, 0.4) is 0 Å². The Morgan fingerprint density at radius 2 is 2.04 bits per heavy atom. The predicted molar refractivity (Wildman–Crippen MR) is 96.9 cm³/mol. The quantitative estimate of drug-likeness (QED) is 0.608. The summed E-state index contributed by atoms with van der Waals surface area (Å²) in [6.07, 6.45) is 1.54. The third-order valence-corrected chi connectivity index (χ3v) is 3.59. The zero-order chi connectivity index (χ0) is 18.5. The maximum absolute atomic E-state index is 14.1. The van der Waals surface area contributed by atoms with Crippen LogP contribution in [0, 0.1) is 5.82 Å². The van der Waals surface area contributed by atoms with Crippen molar-refractivity contribution in [3.8, 4) is 17.1 Å². The third kappa shape index (κ3) is 4.16. The van der Waals surface area contributed by atoms with Gasteiger partial charge in [-0.25, -0.2) is 9.37 Å². The lowest BCUT2D eigenvalue weighted by atomic mass is 10.1. The van der Waals surface area contributed by atoms with Crippen LogP contribution in [0.2, 0.25) is 5.02 Å². The van der Waals surface area contributed by atoms with Crippen LogP contribution in [0.15, 0.2) is 42.6 Å². The lowest BCUT2D eigenvalue weighted by molar-refractivity contribution is 0.196. The second-order valence-electron chi connectivity index (χ2n) is 5.24. The van der Waals surface area contributed by atoms with E-state index in [1.807, 2.05) is 0 Å². The first-order valence-electron chi connectivity index (χ1n) is 7.62. The summed E-state index contributed by atoms with van der Waals surface area (Å²) in [5.74, 6) is 0.00315. The molecule has 0 atom stereocenters. The fraction of sp³-hybridized carbons (Fsp3) is 0.118. The number of nitrogens with two attached hydrogens (primary N) is 1. The normalized spacial score (nSPS) is 10.6. The van der Waals surface area contributed by atoms with Crippen molar-refractivity contribution in [2.75, 3.05) is 24.3 Å². The van der Waals surface area contributed by atoms with Crippen molar-refractivity contribution in [1.29, 1.82) is 0 Å². The number of rotatable bonds is 6. The Morgan fingerprint density at radius 1 is 1.19 bits per heavy atom. The largest absolute Gasteiger partial charge is 0.473 e. The number of hydrogen-bond donors (Lipinski definition) is 3. The lowest BCUT2D eigenvalue weighted by Gasteiger charge is -2.13. The van der Waals surface area contributed by atoms with Crippen LogP contribution >= 0.6 is 11.6 Å². The standard InChI is InChI=1S/C17H15ClFN5O2/c18-10-1-2-13(19)12(7-10)14-9-15(17(24-23-14)26-6-5-25)22-11-3-4-21-16(20)8-11/h1-4,7-9,25H,5-6H2,(H3,20,21,22,23). The summed E-state index contributed by atoms with van der Waals surface area (Å²) in [4.78, 5) is 3.92. The first-order valence-corrected chi connectivity index (χ1v) is 8.00. The Hall–Kier alpha value is -2.97. The first kappa shape index (κ1) is 17.8. The molecule has 2 aromatic heterocycles. The maximum Gasteiger partial charge on any atom is 0.257 e. The van der Waals surface area contributed by atoms with Crippen LogP contribution < -0.4 is 15.8 Å². The smallest absolute Gasteiger partial charge is 0.257 e. The zero-order valence-corrected chi connectivity index (χ0v) is 14.2. The van der Waals surface area contributed by atoms with Gasteiger partial charge in [-0.3, -0.25) is 0 Å². The molecule has 3 rings (SSSR count). The highest BCUT2D eigenvalue weighted by atomic mass is 35.5. The van der Waals surface area contributed by atoms with Crippen molar-refractivity contribution in [1.82, 2.24) is 15.2 Å². The van der Waals surface area contributed by atoms with Gasteiger partial charge in [0.05, 0.1) is 12.3 Å². The van der Waals surface area contributed by atoms with Gasteiger partial charge in [0.2, 0.25) is 0 Å². The topological polar surface area (TPSA) is 106 Å². The average Bonchev–Trinajstić information content (AvgIpc) is 2.63. The molecule has 0 radical (unpaired) electrons. The van der Waals surface area contributed by atoms with Crippen LogP contribution in [0.4, 0.5) is 21.6 Å². The first-order chi connectivity index (χ1) is 12.6. The number of ether oxygens (including phenoxy) is 1. The van der Waals surface area contributed by atoms with Gasteiger partial charge in [-0.2, -0.15) is 0 Å². The average molecular weight is 376 g/mol. The lowest BCUT2D eigenvalue weighted by Crippen LogP contribution is -2.07. The molecule has 0 aliphatic rings. The summed E-state index contributed by atoms with van der Waals surface area (Å²) in [7, 11) is 0. The number of hydrogen-bond acceptors (Lipinski definition) is 7. The highest BCUT2D eigenvalue weighted by Gasteiger charge is 2.14. The molecular formula is C17H15ClFN5O2. The second-order valence-corrected chi connectivity index (χ2v) is 5.68. The molecule has 0 fully saturated rings. The van der Waals surface area contributed by atoms with E-state index in [2.05, 4.69) is 20.5 Å². The SMILES string of the molecule is Nc1cc(Nc2cc(-c3cc(Cl)ccc3F)nnc2OCCO)ccn1. The molecule has 0 spiro atoms. The summed E-state index contributed by atoms with van der Waals surface area (Å²) in [5, 5.41) is 20.4. The van der Waals surface area contributed by atoms with E-state index in [0.717, 1.165) is 0 Å². The Bertz CT molecular complexity index is 925. The third-order valence-electron chi connectivity index (χ3n) is 3.35. The number of aliphatic hydroxyl groups is 1. The molecule has 0 amide bonds. The molecule has 9 heteroatoms. The fourth-order valence-electron chi connectivity index (χ4n) is 2.23. The monoisotopic (exact) mass is 375 g/mol. The summed E-state index contributed by atoms with van der Waals surface area (Å²) in [6.45, 7) is -0.152. The Kier molecular flexibility index (Phi) is 5.45. The number of halogens is 2. The van der Waals surface area contributed by atoms with Crippen molar-refractivity contribution in [2.24, 2.45) is 0 Å². The molecule has 4 N–H and O–H groups in total. The number of nitrogen functional groups attached to an aromatic ring is 1. The Labute approximate surface area is 153 Å². The van der Waals surface area contributed by atoms with E-state index in [-0.39, 0.29) is 30.4 Å². The number of anilines is 3. The van der Waals surface area contributed by atoms with E-state index in [4.69, 9.17) is 27.2 Å². The van der Waals surface area contributed by atoms with E-state index < -0.39 is 5.82 Å². The number of pyridine rings is 1. The molecule has 0 aliphatic carbocycles. The molecule has 134 valence electrons. The van der Waals surface area contributed by atoms with Crippen LogP contribution in [0.25, 0.3) is 11.3 Å². The van der Waals surface area contributed by atoms with Crippen LogP contribution in [-0.4, -0.2) is 33.5 Å². The van der Waals surface area contributed by atoms with Gasteiger partial charge in [-0.15, -0.1) is 10.2 Å². The van der Waals surface area contributed by atoms with E-state index in [0.29, 0.717) is 22.2 Å². The molecule has 3 aromatic rings. The van der Waals surface area contributed by atoms with E-state index >= 15 is 0 Å². The molecule has 1 aromatic carbocycles. The molecule has 26 heavy (non-hydrogen) atoms. The van der Waals surface area contributed by atoms with E-state index in [9.17, 15) is 4.39 Å².